The van der Waals surface area contributed by atoms with Crippen LogP contribution in [-0.2, 0) is 28.6 Å². The minimum absolute atomic E-state index is 0.561. The molecule has 0 saturated carbocycles. The van der Waals surface area contributed by atoms with E-state index in [0.717, 1.165) is 6.92 Å². The van der Waals surface area contributed by atoms with Crippen LogP contribution in [0.5, 0.6) is 0 Å². The van der Waals surface area contributed by atoms with Crippen LogP contribution in [0.3, 0.4) is 0 Å². The Labute approximate surface area is 87.7 Å². The molecule has 0 aliphatic heterocycles. The fourth-order valence-corrected chi connectivity index (χ4v) is 1.84. The molecular weight excluding hydrogens is 252 g/mol. The van der Waals surface area contributed by atoms with Gasteiger partial charge >= 0.3 is 5.97 Å². The van der Waals surface area contributed by atoms with Crippen LogP contribution in [0.25, 0.3) is 0 Å². The Morgan fingerprint density at radius 2 is 1.33 bits per heavy atom. The van der Waals surface area contributed by atoms with Gasteiger partial charge in [-0.2, -0.15) is 16.8 Å². The average molecular weight is 264 g/mol. The highest BCUT2D eigenvalue weighted by atomic mass is 32.2. The van der Waals surface area contributed by atoms with Crippen molar-refractivity contribution in [3.05, 3.63) is 0 Å². The molecule has 8 nitrogen and oxygen atoms in total. The van der Waals surface area contributed by atoms with Crippen molar-refractivity contribution >= 4 is 20.2 Å². The maximum Gasteiger partial charge on any atom is 0.336 e. The number of hydrogen-bond donors (Lipinski definition) is 2. The van der Waals surface area contributed by atoms with Crippen molar-refractivity contribution in [2.24, 2.45) is 0 Å². The SMILES string of the molecule is CC(O)C(O)(OS(C)(=O)=O)OS(C)(=O)=O. The van der Waals surface area contributed by atoms with Crippen LogP contribution in [0.4, 0.5) is 0 Å². The molecule has 1 atom stereocenters. The van der Waals surface area contributed by atoms with Gasteiger partial charge in [-0.3, -0.25) is 0 Å². The average Bonchev–Trinajstić information content (AvgIpc) is 1.75. The van der Waals surface area contributed by atoms with Gasteiger partial charge in [-0.05, 0) is 6.92 Å². The molecule has 0 aromatic carbocycles. The second-order valence-electron chi connectivity index (χ2n) is 2.88. The minimum atomic E-state index is -4.20. The molecule has 1 unspecified atom stereocenters. The highest BCUT2D eigenvalue weighted by Crippen LogP contribution is 2.19. The Bertz CT molecular complexity index is 370. The van der Waals surface area contributed by atoms with Crippen molar-refractivity contribution in [2.45, 2.75) is 19.0 Å². The number of hydrogen-bond acceptors (Lipinski definition) is 8. The summed E-state index contributed by atoms with van der Waals surface area (Å²) >= 11 is 0. The zero-order valence-electron chi connectivity index (χ0n) is 8.24. The molecule has 0 aromatic rings. The molecule has 0 amide bonds. The van der Waals surface area contributed by atoms with E-state index in [4.69, 9.17) is 5.11 Å². The van der Waals surface area contributed by atoms with E-state index in [0.29, 0.717) is 12.5 Å². The molecule has 0 saturated heterocycles. The van der Waals surface area contributed by atoms with Gasteiger partial charge in [0.2, 0.25) is 0 Å². The highest BCUT2D eigenvalue weighted by molar-refractivity contribution is 7.86. The normalized spacial score (nSPS) is 16.3. The van der Waals surface area contributed by atoms with E-state index >= 15 is 0 Å². The second-order valence-corrected chi connectivity index (χ2v) is 6.03. The molecule has 0 radical (unpaired) electrons. The zero-order chi connectivity index (χ0) is 12.5. The minimum Gasteiger partial charge on any atom is -0.385 e. The van der Waals surface area contributed by atoms with Crippen LogP contribution in [0.15, 0.2) is 0 Å². The van der Waals surface area contributed by atoms with E-state index in [2.05, 4.69) is 8.37 Å². The summed E-state index contributed by atoms with van der Waals surface area (Å²) in [6.07, 6.45) is -0.764. The monoisotopic (exact) mass is 264 g/mol. The molecule has 0 bridgehead atoms. The van der Waals surface area contributed by atoms with Crippen LogP contribution in [0.1, 0.15) is 6.92 Å². The van der Waals surface area contributed by atoms with Crippen LogP contribution in [0, 0.1) is 0 Å². The molecule has 0 aromatic heterocycles. The van der Waals surface area contributed by atoms with Crippen LogP contribution < -0.4 is 0 Å². The van der Waals surface area contributed by atoms with Gasteiger partial charge in [0, 0.05) is 0 Å². The number of aliphatic hydroxyl groups excluding tert-OH is 1. The smallest absolute Gasteiger partial charge is 0.336 e. The highest BCUT2D eigenvalue weighted by Gasteiger charge is 2.43. The summed E-state index contributed by atoms with van der Waals surface area (Å²) in [5.41, 5.74) is 0. The van der Waals surface area contributed by atoms with Gasteiger partial charge in [-0.1, -0.05) is 0 Å². The first kappa shape index (κ1) is 14.7. The Morgan fingerprint density at radius 1 is 1.07 bits per heavy atom. The molecule has 0 aliphatic carbocycles. The summed E-state index contributed by atoms with van der Waals surface area (Å²) < 4.78 is 50.6. The number of aliphatic hydroxyl groups is 2. The van der Waals surface area contributed by atoms with E-state index in [9.17, 15) is 21.9 Å². The standard InChI is InChI=1S/C5H12O8S2/c1-4(6)5(7,12-14(2,8)9)13-15(3,10)11/h4,6-7H,1-3H3. The van der Waals surface area contributed by atoms with Crippen molar-refractivity contribution in [3.8, 4) is 0 Å². The van der Waals surface area contributed by atoms with Gasteiger partial charge in [-0.15, -0.1) is 0 Å². The predicted molar refractivity (Wildman–Crippen MR) is 48.5 cm³/mol. The molecule has 0 spiro atoms. The summed E-state index contributed by atoms with van der Waals surface area (Å²) in [5, 5.41) is 18.3. The predicted octanol–water partition coefficient (Wildman–Crippen LogP) is -2.03. The topological polar surface area (TPSA) is 127 Å². The first-order chi connectivity index (χ1) is 6.36. The Balaban J connectivity index is 5.10. The summed E-state index contributed by atoms with van der Waals surface area (Å²) in [4.78, 5) is 0. The fraction of sp³-hybridized carbons (Fsp3) is 1.00. The summed E-state index contributed by atoms with van der Waals surface area (Å²) in [7, 11) is -8.40. The molecular formula is C5H12O8S2. The lowest BCUT2D eigenvalue weighted by Gasteiger charge is -2.27. The lowest BCUT2D eigenvalue weighted by Crippen LogP contribution is -2.48. The molecule has 0 fully saturated rings. The fourth-order valence-electron chi connectivity index (χ4n) is 0.587. The molecule has 0 aliphatic rings. The molecule has 0 heterocycles. The van der Waals surface area contributed by atoms with Gasteiger partial charge < -0.3 is 10.2 Å². The first-order valence-corrected chi connectivity index (χ1v) is 7.21. The van der Waals surface area contributed by atoms with E-state index in [1.54, 1.807) is 0 Å². The number of rotatable bonds is 5. The van der Waals surface area contributed by atoms with Gasteiger partial charge in [0.25, 0.3) is 20.2 Å². The Morgan fingerprint density at radius 3 is 1.47 bits per heavy atom. The maximum atomic E-state index is 10.7. The molecule has 10 heteroatoms. The van der Waals surface area contributed by atoms with Crippen molar-refractivity contribution in [2.75, 3.05) is 12.5 Å². The summed E-state index contributed by atoms with van der Waals surface area (Å²) in [5.74, 6) is -3.15. The van der Waals surface area contributed by atoms with E-state index in [1.807, 2.05) is 0 Å². The van der Waals surface area contributed by atoms with Crippen LogP contribution >= 0.6 is 0 Å². The van der Waals surface area contributed by atoms with Gasteiger partial charge in [-0.25, -0.2) is 8.37 Å². The van der Waals surface area contributed by atoms with Crippen molar-refractivity contribution in [1.82, 2.24) is 0 Å². The summed E-state index contributed by atoms with van der Waals surface area (Å²) in [6, 6.07) is 0. The lowest BCUT2D eigenvalue weighted by atomic mass is 10.3. The Hall–Kier alpha value is -0.260. The third kappa shape index (κ3) is 6.02. The lowest BCUT2D eigenvalue weighted by molar-refractivity contribution is -0.311. The second kappa shape index (κ2) is 4.31. The van der Waals surface area contributed by atoms with E-state index in [1.165, 1.54) is 0 Å². The quantitative estimate of drug-likeness (QED) is 0.429. The van der Waals surface area contributed by atoms with Gasteiger partial charge in [0.1, 0.15) is 6.10 Å². The van der Waals surface area contributed by atoms with Crippen molar-refractivity contribution < 1.29 is 35.4 Å². The first-order valence-electron chi connectivity index (χ1n) is 3.57. The third-order valence-electron chi connectivity index (χ3n) is 1.07. The van der Waals surface area contributed by atoms with Crippen LogP contribution in [-0.4, -0.2) is 51.6 Å². The van der Waals surface area contributed by atoms with Gasteiger partial charge in [0.05, 0.1) is 12.5 Å². The van der Waals surface area contributed by atoms with E-state index < -0.39 is 32.3 Å². The van der Waals surface area contributed by atoms with Crippen LogP contribution in [0.2, 0.25) is 0 Å². The zero-order valence-corrected chi connectivity index (χ0v) is 9.87. The Kier molecular flexibility index (Phi) is 4.24. The largest absolute Gasteiger partial charge is 0.385 e. The van der Waals surface area contributed by atoms with E-state index in [-0.39, 0.29) is 0 Å². The van der Waals surface area contributed by atoms with Crippen molar-refractivity contribution in [3.63, 3.8) is 0 Å². The molecule has 0 rings (SSSR count). The summed E-state index contributed by atoms with van der Waals surface area (Å²) in [6.45, 7) is 0.899. The molecule has 15 heavy (non-hydrogen) atoms. The van der Waals surface area contributed by atoms with Gasteiger partial charge in [0.15, 0.2) is 0 Å². The molecule has 92 valence electrons. The third-order valence-corrected chi connectivity index (χ3v) is 2.15. The maximum absolute atomic E-state index is 10.7. The molecule has 2 N–H and O–H groups in total. The van der Waals surface area contributed by atoms with Crippen molar-refractivity contribution in [1.29, 1.82) is 0 Å².